The lowest BCUT2D eigenvalue weighted by atomic mass is 10.2. The molecule has 1 aromatic carbocycles. The van der Waals surface area contributed by atoms with E-state index in [9.17, 15) is 14.4 Å². The van der Waals surface area contributed by atoms with Crippen LogP contribution in [-0.2, 0) is 16.6 Å². The molecule has 0 aliphatic rings. The van der Waals surface area contributed by atoms with Crippen molar-refractivity contribution in [1.82, 2.24) is 4.57 Å². The van der Waals surface area contributed by atoms with Crippen LogP contribution in [-0.4, -0.2) is 27.6 Å². The van der Waals surface area contributed by atoms with Gasteiger partial charge in [0, 0.05) is 18.8 Å². The Bertz CT molecular complexity index is 715. The molecule has 0 aliphatic heterocycles. The molecule has 0 fully saturated rings. The number of aromatic nitrogens is 1. The molecule has 0 aliphatic carbocycles. The maximum atomic E-state index is 11.4. The summed E-state index contributed by atoms with van der Waals surface area (Å²) in [5.41, 5.74) is 6.30. The SMILES string of the molecule is Cn1c(=O)oc2cc(NC(=O)C(N)C(=O)O)ccc21. The number of rotatable bonds is 3. The molecule has 0 saturated carbocycles. The average molecular weight is 265 g/mol. The van der Waals surface area contributed by atoms with Gasteiger partial charge in [-0.05, 0) is 12.1 Å². The largest absolute Gasteiger partial charge is 0.480 e. The number of anilines is 1. The monoisotopic (exact) mass is 265 g/mol. The van der Waals surface area contributed by atoms with Crippen LogP contribution in [0.1, 0.15) is 0 Å². The van der Waals surface area contributed by atoms with Crippen LogP contribution in [0.4, 0.5) is 5.69 Å². The standard InChI is InChI=1S/C11H11N3O5/c1-14-6-3-2-5(4-7(6)19-11(14)18)13-9(15)8(12)10(16)17/h2-4,8H,12H2,1H3,(H,13,15)(H,16,17). The molecular formula is C11H11N3O5. The van der Waals surface area contributed by atoms with Crippen LogP contribution >= 0.6 is 0 Å². The van der Waals surface area contributed by atoms with E-state index < -0.39 is 23.7 Å². The number of nitrogens with one attached hydrogen (secondary N) is 1. The van der Waals surface area contributed by atoms with Crippen molar-refractivity contribution >= 4 is 28.7 Å². The Morgan fingerprint density at radius 2 is 2.16 bits per heavy atom. The van der Waals surface area contributed by atoms with Crippen molar-refractivity contribution in [2.75, 3.05) is 5.32 Å². The molecule has 0 radical (unpaired) electrons. The van der Waals surface area contributed by atoms with E-state index in [0.29, 0.717) is 11.2 Å². The number of hydrogen-bond donors (Lipinski definition) is 3. The molecule has 1 heterocycles. The summed E-state index contributed by atoms with van der Waals surface area (Å²) in [5.74, 6) is -2.81. The van der Waals surface area contributed by atoms with Gasteiger partial charge in [0.25, 0.3) is 5.91 Å². The Hall–Kier alpha value is -2.61. The zero-order valence-corrected chi connectivity index (χ0v) is 9.91. The topological polar surface area (TPSA) is 128 Å². The van der Waals surface area contributed by atoms with E-state index >= 15 is 0 Å². The molecule has 1 amide bonds. The Balaban J connectivity index is 2.30. The summed E-state index contributed by atoms with van der Waals surface area (Å²) in [5, 5.41) is 10.9. The summed E-state index contributed by atoms with van der Waals surface area (Å²) >= 11 is 0. The summed E-state index contributed by atoms with van der Waals surface area (Å²) in [6, 6.07) is 2.85. The third kappa shape index (κ3) is 2.33. The number of carboxylic acids is 1. The maximum Gasteiger partial charge on any atom is 0.419 e. The molecule has 2 rings (SSSR count). The highest BCUT2D eigenvalue weighted by Gasteiger charge is 2.21. The average Bonchev–Trinajstić information content (AvgIpc) is 2.63. The van der Waals surface area contributed by atoms with Gasteiger partial charge in [-0.25, -0.2) is 9.59 Å². The lowest BCUT2D eigenvalue weighted by Crippen LogP contribution is -2.42. The number of hydrogen-bond acceptors (Lipinski definition) is 5. The summed E-state index contributed by atoms with van der Waals surface area (Å²) in [7, 11) is 1.55. The molecule has 1 unspecified atom stereocenters. The molecule has 2 aromatic rings. The first kappa shape index (κ1) is 12.8. The van der Waals surface area contributed by atoms with E-state index in [-0.39, 0.29) is 5.58 Å². The molecule has 8 heteroatoms. The number of nitrogens with two attached hydrogens (primary N) is 1. The number of benzene rings is 1. The number of oxazole rings is 1. The molecule has 19 heavy (non-hydrogen) atoms. The summed E-state index contributed by atoms with van der Waals surface area (Å²) in [4.78, 5) is 33.3. The second kappa shape index (κ2) is 4.58. The number of amides is 1. The van der Waals surface area contributed by atoms with Crippen LogP contribution in [0.15, 0.2) is 27.4 Å². The zero-order valence-electron chi connectivity index (χ0n) is 9.91. The molecule has 0 bridgehead atoms. The van der Waals surface area contributed by atoms with E-state index in [1.165, 1.54) is 16.7 Å². The second-order valence-corrected chi connectivity index (χ2v) is 3.91. The normalized spacial score (nSPS) is 12.3. The molecule has 4 N–H and O–H groups in total. The van der Waals surface area contributed by atoms with Gasteiger partial charge in [0.05, 0.1) is 5.52 Å². The van der Waals surface area contributed by atoms with Crippen molar-refractivity contribution in [3.8, 4) is 0 Å². The quantitative estimate of drug-likeness (QED) is 0.641. The fraction of sp³-hybridized carbons (Fsp3) is 0.182. The molecular weight excluding hydrogens is 254 g/mol. The lowest BCUT2D eigenvalue weighted by molar-refractivity contribution is -0.141. The van der Waals surface area contributed by atoms with E-state index in [0.717, 1.165) is 0 Å². The number of aryl methyl sites for hydroxylation is 1. The lowest BCUT2D eigenvalue weighted by Gasteiger charge is -2.07. The summed E-state index contributed by atoms with van der Waals surface area (Å²) in [6.07, 6.45) is 0. The van der Waals surface area contributed by atoms with Crippen molar-refractivity contribution < 1.29 is 19.1 Å². The number of nitrogens with zero attached hydrogens (tertiary/aromatic N) is 1. The maximum absolute atomic E-state index is 11.4. The highest BCUT2D eigenvalue weighted by molar-refractivity contribution is 6.07. The van der Waals surface area contributed by atoms with Crippen LogP contribution in [0.3, 0.4) is 0 Å². The number of aliphatic carboxylic acids is 1. The van der Waals surface area contributed by atoms with Gasteiger partial charge in [0.1, 0.15) is 0 Å². The van der Waals surface area contributed by atoms with Gasteiger partial charge in [-0.3, -0.25) is 9.36 Å². The first-order valence-electron chi connectivity index (χ1n) is 5.29. The first-order chi connectivity index (χ1) is 8.90. The van der Waals surface area contributed by atoms with Gasteiger partial charge in [0.2, 0.25) is 0 Å². The predicted molar refractivity (Wildman–Crippen MR) is 65.7 cm³/mol. The van der Waals surface area contributed by atoms with Gasteiger partial charge in [-0.2, -0.15) is 0 Å². The van der Waals surface area contributed by atoms with Crippen LogP contribution in [0.25, 0.3) is 11.1 Å². The Kier molecular flexibility index (Phi) is 3.09. The number of carboxylic acid groups (broad SMARTS) is 1. The minimum atomic E-state index is -1.65. The summed E-state index contributed by atoms with van der Waals surface area (Å²) < 4.78 is 6.25. The van der Waals surface area contributed by atoms with E-state index in [1.807, 2.05) is 0 Å². The minimum absolute atomic E-state index is 0.286. The highest BCUT2D eigenvalue weighted by atomic mass is 16.4. The predicted octanol–water partition coefficient (Wildman–Crippen LogP) is -0.518. The van der Waals surface area contributed by atoms with Crippen molar-refractivity contribution in [3.63, 3.8) is 0 Å². The molecule has 100 valence electrons. The smallest absolute Gasteiger partial charge is 0.419 e. The van der Waals surface area contributed by atoms with Crippen LogP contribution in [0, 0.1) is 0 Å². The van der Waals surface area contributed by atoms with Gasteiger partial charge >= 0.3 is 11.7 Å². The van der Waals surface area contributed by atoms with E-state index in [4.69, 9.17) is 15.3 Å². The highest BCUT2D eigenvalue weighted by Crippen LogP contribution is 2.17. The molecule has 8 nitrogen and oxygen atoms in total. The van der Waals surface area contributed by atoms with Gasteiger partial charge in [-0.1, -0.05) is 0 Å². The van der Waals surface area contributed by atoms with E-state index in [2.05, 4.69) is 5.32 Å². The molecule has 0 saturated heterocycles. The van der Waals surface area contributed by atoms with Crippen molar-refractivity contribution in [2.45, 2.75) is 6.04 Å². The number of carbonyl (C=O) groups is 2. The van der Waals surface area contributed by atoms with Crippen molar-refractivity contribution in [3.05, 3.63) is 28.7 Å². The van der Waals surface area contributed by atoms with Crippen LogP contribution < -0.4 is 16.8 Å². The van der Waals surface area contributed by atoms with Gasteiger partial charge in [0.15, 0.2) is 11.6 Å². The fourth-order valence-electron chi connectivity index (χ4n) is 1.54. The molecule has 0 spiro atoms. The Morgan fingerprint density at radius 1 is 1.47 bits per heavy atom. The second-order valence-electron chi connectivity index (χ2n) is 3.91. The zero-order chi connectivity index (χ0) is 14.2. The Labute approximate surface area is 106 Å². The van der Waals surface area contributed by atoms with Crippen LogP contribution in [0.2, 0.25) is 0 Å². The molecule has 1 atom stereocenters. The third-order valence-corrected chi connectivity index (χ3v) is 2.61. The fourth-order valence-corrected chi connectivity index (χ4v) is 1.54. The van der Waals surface area contributed by atoms with Gasteiger partial charge < -0.3 is 20.6 Å². The molecule has 1 aromatic heterocycles. The Morgan fingerprint density at radius 3 is 2.79 bits per heavy atom. The third-order valence-electron chi connectivity index (χ3n) is 2.61. The summed E-state index contributed by atoms with van der Waals surface area (Å²) in [6.45, 7) is 0. The number of fused-ring (bicyclic) bond motifs is 1. The van der Waals surface area contributed by atoms with Crippen LogP contribution in [0.5, 0.6) is 0 Å². The van der Waals surface area contributed by atoms with Crippen molar-refractivity contribution in [1.29, 1.82) is 0 Å². The van der Waals surface area contributed by atoms with E-state index in [1.54, 1.807) is 13.1 Å². The number of carbonyl (C=O) groups excluding carboxylic acids is 1. The first-order valence-corrected chi connectivity index (χ1v) is 5.29. The van der Waals surface area contributed by atoms with Gasteiger partial charge in [-0.15, -0.1) is 0 Å². The minimum Gasteiger partial charge on any atom is -0.480 e. The van der Waals surface area contributed by atoms with Crippen molar-refractivity contribution in [2.24, 2.45) is 12.8 Å².